The highest BCUT2D eigenvalue weighted by molar-refractivity contribution is 6.38. The van der Waals surface area contributed by atoms with Crippen LogP contribution < -0.4 is 10.6 Å². The van der Waals surface area contributed by atoms with Crippen LogP contribution in [0.3, 0.4) is 0 Å². The standard InChI is InChI=1S/C37H43ClN6O6/c1-4-10-28(33(46)35(48)39-24-15-16-24)41-34(47)30-20-37(19-29(42-50-37)22-11-9-12-23(38)17-22)21-44(30)36(49)32-26(18-31(45)43(5-2)6-3)25-13-7-8-14-27(25)40-32/h7-9,11-14,17,24,28,30,40H,4-6,10,15-16,18-21H2,1-3H3,(H,39,48)(H,41,47)/t28-,30-,37+/m0/s1. The number of nitrogens with zero attached hydrogens (tertiary/aromatic N) is 3. The van der Waals surface area contributed by atoms with Crippen LogP contribution in [0, 0.1) is 0 Å². The van der Waals surface area contributed by atoms with E-state index in [1.165, 1.54) is 4.90 Å². The number of ketones is 1. The van der Waals surface area contributed by atoms with Crippen molar-refractivity contribution in [1.82, 2.24) is 25.4 Å². The summed E-state index contributed by atoms with van der Waals surface area (Å²) >= 11 is 6.26. The smallest absolute Gasteiger partial charge is 0.289 e. The van der Waals surface area contributed by atoms with Crippen molar-refractivity contribution < 1.29 is 28.8 Å². The number of fused-ring (bicyclic) bond motifs is 1. The fourth-order valence-electron chi connectivity index (χ4n) is 6.95. The van der Waals surface area contributed by atoms with Crippen LogP contribution in [0.1, 0.15) is 80.9 Å². The zero-order valence-corrected chi connectivity index (χ0v) is 29.3. The molecule has 1 aliphatic carbocycles. The number of oxime groups is 1. The second kappa shape index (κ2) is 14.6. The Bertz CT molecular complexity index is 1850. The van der Waals surface area contributed by atoms with E-state index in [4.69, 9.17) is 16.4 Å². The van der Waals surface area contributed by atoms with Gasteiger partial charge in [-0.05, 0) is 56.9 Å². The first-order valence-corrected chi connectivity index (χ1v) is 17.8. The number of carbonyl (C=O) groups excluding carboxylic acids is 5. The van der Waals surface area contributed by atoms with Gasteiger partial charge in [0.2, 0.25) is 17.6 Å². The number of benzene rings is 2. The van der Waals surface area contributed by atoms with Crippen molar-refractivity contribution in [3.05, 3.63) is 70.4 Å². The Labute approximate surface area is 295 Å². The highest BCUT2D eigenvalue weighted by Gasteiger charge is 2.54. The molecule has 3 N–H and O–H groups in total. The van der Waals surface area contributed by atoms with Gasteiger partial charge in [-0.15, -0.1) is 0 Å². The van der Waals surface area contributed by atoms with Crippen LogP contribution >= 0.6 is 11.6 Å². The van der Waals surface area contributed by atoms with Crippen LogP contribution in [0.4, 0.5) is 0 Å². The van der Waals surface area contributed by atoms with Gasteiger partial charge in [0.05, 0.1) is 24.7 Å². The SMILES string of the molecule is CCC[C@H](NC(=O)[C@@H]1C[C@]2(CC(c3cccc(Cl)c3)=NO2)CN1C(=O)c1[nH]c2ccccc2c1CC(=O)N(CC)CC)C(=O)C(=O)NC1CC1. The Hall–Kier alpha value is -4.71. The van der Waals surface area contributed by atoms with Crippen molar-refractivity contribution in [2.24, 2.45) is 5.16 Å². The number of para-hydroxylation sites is 1. The first-order chi connectivity index (χ1) is 24.1. The van der Waals surface area contributed by atoms with Crippen LogP contribution in [-0.2, 0) is 30.4 Å². The topological polar surface area (TPSA) is 153 Å². The normalized spacial score (nSPS) is 20.4. The molecule has 0 radical (unpaired) electrons. The summed E-state index contributed by atoms with van der Waals surface area (Å²) in [5.74, 6) is -2.61. The van der Waals surface area contributed by atoms with Gasteiger partial charge in [-0.1, -0.05) is 60.4 Å². The van der Waals surface area contributed by atoms with E-state index in [1.54, 1.807) is 17.0 Å². The van der Waals surface area contributed by atoms with Gasteiger partial charge in [-0.2, -0.15) is 0 Å². The summed E-state index contributed by atoms with van der Waals surface area (Å²) < 4.78 is 0. The number of aromatic nitrogens is 1. The number of halogens is 1. The van der Waals surface area contributed by atoms with Gasteiger partial charge >= 0.3 is 0 Å². The Morgan fingerprint density at radius 3 is 2.54 bits per heavy atom. The highest BCUT2D eigenvalue weighted by Crippen LogP contribution is 2.40. The van der Waals surface area contributed by atoms with E-state index in [0.717, 1.165) is 23.8 Å². The number of likely N-dealkylation sites (N-methyl/N-ethyl adjacent to an activating group) is 1. The van der Waals surface area contributed by atoms with Crippen molar-refractivity contribution in [3.63, 3.8) is 0 Å². The molecule has 2 fully saturated rings. The number of nitrogens with one attached hydrogen (secondary N) is 3. The molecule has 0 bridgehead atoms. The maximum atomic E-state index is 14.7. The molecule has 1 saturated carbocycles. The summed E-state index contributed by atoms with van der Waals surface area (Å²) in [4.78, 5) is 80.7. The molecule has 3 heterocycles. The minimum absolute atomic E-state index is 0.00960. The quantitative estimate of drug-likeness (QED) is 0.228. The van der Waals surface area contributed by atoms with Gasteiger partial charge in [0.1, 0.15) is 11.7 Å². The maximum Gasteiger partial charge on any atom is 0.289 e. The summed E-state index contributed by atoms with van der Waals surface area (Å²) in [7, 11) is 0. The average Bonchev–Trinajstić information content (AvgIpc) is 3.53. The number of aromatic amines is 1. The molecule has 0 unspecified atom stereocenters. The lowest BCUT2D eigenvalue weighted by Gasteiger charge is -2.26. The highest BCUT2D eigenvalue weighted by atomic mass is 35.5. The lowest BCUT2D eigenvalue weighted by atomic mass is 9.91. The third-order valence-electron chi connectivity index (χ3n) is 9.78. The molecule has 3 aromatic rings. The van der Waals surface area contributed by atoms with Crippen molar-refractivity contribution in [3.8, 4) is 0 Å². The Morgan fingerprint density at radius 2 is 1.84 bits per heavy atom. The van der Waals surface area contributed by atoms with Gasteiger partial charge in [0.25, 0.3) is 11.8 Å². The Kier molecular flexibility index (Phi) is 10.3. The molecule has 3 atom stereocenters. The second-order valence-corrected chi connectivity index (χ2v) is 13.8. The lowest BCUT2D eigenvalue weighted by Crippen LogP contribution is -2.53. The van der Waals surface area contributed by atoms with Crippen LogP contribution in [0.25, 0.3) is 10.9 Å². The van der Waals surface area contributed by atoms with Gasteiger partial charge in [0.15, 0.2) is 5.60 Å². The second-order valence-electron chi connectivity index (χ2n) is 13.4. The van der Waals surface area contributed by atoms with Crippen molar-refractivity contribution >= 4 is 57.6 Å². The fraction of sp³-hybridized carbons (Fsp3) is 0.459. The van der Waals surface area contributed by atoms with Gasteiger partial charge in [0, 0.05) is 53.5 Å². The number of rotatable bonds is 13. The molecule has 1 aromatic heterocycles. The van der Waals surface area contributed by atoms with Crippen LogP contribution in [0.2, 0.25) is 5.02 Å². The van der Waals surface area contributed by atoms with E-state index in [0.29, 0.717) is 47.7 Å². The molecule has 2 aromatic carbocycles. The molecule has 12 nitrogen and oxygen atoms in total. The number of likely N-dealkylation sites (tertiary alicyclic amines) is 1. The summed E-state index contributed by atoms with van der Waals surface area (Å²) in [6, 6.07) is 12.5. The predicted molar refractivity (Wildman–Crippen MR) is 189 cm³/mol. The summed E-state index contributed by atoms with van der Waals surface area (Å²) in [5.41, 5.74) is 1.80. The summed E-state index contributed by atoms with van der Waals surface area (Å²) in [6.45, 7) is 6.75. The van der Waals surface area contributed by atoms with Crippen LogP contribution in [-0.4, -0.2) is 93.3 Å². The van der Waals surface area contributed by atoms with Gasteiger partial charge in [-0.3, -0.25) is 24.0 Å². The number of amides is 4. The molecule has 13 heteroatoms. The van der Waals surface area contributed by atoms with Crippen LogP contribution in [0.15, 0.2) is 53.7 Å². The first-order valence-electron chi connectivity index (χ1n) is 17.4. The van der Waals surface area contributed by atoms with E-state index in [2.05, 4.69) is 20.8 Å². The molecule has 6 rings (SSSR count). The Balaban J connectivity index is 1.33. The average molecular weight is 703 g/mol. The minimum atomic E-state index is -1.06. The molecule has 3 aliphatic rings. The molecule has 1 saturated heterocycles. The summed E-state index contributed by atoms with van der Waals surface area (Å²) in [5, 5.41) is 11.2. The monoisotopic (exact) mass is 702 g/mol. The zero-order chi connectivity index (χ0) is 35.6. The third kappa shape index (κ3) is 7.26. The lowest BCUT2D eigenvalue weighted by molar-refractivity contribution is -0.140. The number of hydrogen-bond donors (Lipinski definition) is 3. The maximum absolute atomic E-state index is 14.7. The molecule has 50 heavy (non-hydrogen) atoms. The summed E-state index contributed by atoms with van der Waals surface area (Å²) in [6.07, 6.45) is 2.83. The van der Waals surface area contributed by atoms with Gasteiger partial charge < -0.3 is 30.3 Å². The predicted octanol–water partition coefficient (Wildman–Crippen LogP) is 4.14. The minimum Gasteiger partial charge on any atom is -0.387 e. The largest absolute Gasteiger partial charge is 0.387 e. The van der Waals surface area contributed by atoms with E-state index in [-0.39, 0.29) is 43.5 Å². The number of H-pyrrole nitrogens is 1. The number of carbonyl (C=O) groups is 5. The number of Topliss-reactive ketones (excluding diaryl/α,β-unsaturated/α-hetero) is 1. The van der Waals surface area contributed by atoms with Gasteiger partial charge in [-0.25, -0.2) is 0 Å². The van der Waals surface area contributed by atoms with Crippen molar-refractivity contribution in [2.45, 2.75) is 89.4 Å². The zero-order valence-electron chi connectivity index (χ0n) is 28.6. The molecule has 1 spiro atoms. The number of hydrogen-bond acceptors (Lipinski definition) is 7. The molecule has 4 amide bonds. The van der Waals surface area contributed by atoms with Crippen LogP contribution in [0.5, 0.6) is 0 Å². The van der Waals surface area contributed by atoms with E-state index in [9.17, 15) is 24.0 Å². The fourth-order valence-corrected chi connectivity index (χ4v) is 7.14. The Morgan fingerprint density at radius 1 is 1.08 bits per heavy atom. The first kappa shape index (κ1) is 35.1. The van der Waals surface area contributed by atoms with E-state index >= 15 is 0 Å². The third-order valence-corrected chi connectivity index (χ3v) is 10.0. The van der Waals surface area contributed by atoms with E-state index < -0.39 is 41.2 Å². The molecule has 2 aliphatic heterocycles. The van der Waals surface area contributed by atoms with E-state index in [1.807, 2.05) is 57.2 Å². The van der Waals surface area contributed by atoms with Crippen molar-refractivity contribution in [1.29, 1.82) is 0 Å². The molecular weight excluding hydrogens is 660 g/mol. The molecule has 264 valence electrons. The molecular formula is C37H43ClN6O6. The van der Waals surface area contributed by atoms with Crippen molar-refractivity contribution in [2.75, 3.05) is 19.6 Å².